The minimum atomic E-state index is -0.419. The average molecular weight is 324 g/mol. The molecule has 0 atom stereocenters. The van der Waals surface area contributed by atoms with Crippen LogP contribution < -0.4 is 10.1 Å². The Bertz CT molecular complexity index is 827. The SMILES string of the molecule is CCOc1ccc(C(=O)Nc2cccc3c2C(=O)N(C)C3=O)cc1. The number of nitrogens with zero attached hydrogens (tertiary/aromatic N) is 1. The molecule has 3 rings (SSSR count). The number of hydrogen-bond acceptors (Lipinski definition) is 4. The molecule has 2 aromatic rings. The van der Waals surface area contributed by atoms with Gasteiger partial charge in [-0.05, 0) is 43.3 Å². The molecule has 0 aliphatic carbocycles. The van der Waals surface area contributed by atoms with Crippen LogP contribution in [-0.2, 0) is 0 Å². The van der Waals surface area contributed by atoms with Gasteiger partial charge >= 0.3 is 0 Å². The lowest BCUT2D eigenvalue weighted by molar-refractivity contribution is 0.0693. The molecular weight excluding hydrogens is 308 g/mol. The number of fused-ring (bicyclic) bond motifs is 1. The van der Waals surface area contributed by atoms with E-state index in [9.17, 15) is 14.4 Å². The molecule has 3 amide bonds. The van der Waals surface area contributed by atoms with Gasteiger partial charge in [-0.15, -0.1) is 0 Å². The Balaban J connectivity index is 1.86. The van der Waals surface area contributed by atoms with Crippen molar-refractivity contribution in [2.75, 3.05) is 19.0 Å². The van der Waals surface area contributed by atoms with Gasteiger partial charge in [0.1, 0.15) is 5.75 Å². The Kier molecular flexibility index (Phi) is 4.04. The second-order valence-corrected chi connectivity index (χ2v) is 5.31. The Morgan fingerprint density at radius 1 is 1.08 bits per heavy atom. The summed E-state index contributed by atoms with van der Waals surface area (Å²) in [6, 6.07) is 11.5. The minimum absolute atomic E-state index is 0.226. The molecule has 0 aromatic heterocycles. The number of rotatable bonds is 4. The highest BCUT2D eigenvalue weighted by Crippen LogP contribution is 2.28. The monoisotopic (exact) mass is 324 g/mol. The van der Waals surface area contributed by atoms with Crippen LogP contribution in [0.3, 0.4) is 0 Å². The van der Waals surface area contributed by atoms with Crippen molar-refractivity contribution in [2.24, 2.45) is 0 Å². The van der Waals surface area contributed by atoms with E-state index in [1.807, 2.05) is 6.92 Å². The predicted octanol–water partition coefficient (Wildman–Crippen LogP) is 2.56. The van der Waals surface area contributed by atoms with Crippen molar-refractivity contribution >= 4 is 23.4 Å². The van der Waals surface area contributed by atoms with Crippen molar-refractivity contribution < 1.29 is 19.1 Å². The highest BCUT2D eigenvalue weighted by Gasteiger charge is 2.35. The van der Waals surface area contributed by atoms with E-state index in [0.29, 0.717) is 29.2 Å². The first-order valence-electron chi connectivity index (χ1n) is 7.52. The van der Waals surface area contributed by atoms with Crippen LogP contribution in [0, 0.1) is 0 Å². The van der Waals surface area contributed by atoms with E-state index in [4.69, 9.17) is 4.74 Å². The number of carbonyl (C=O) groups is 3. The summed E-state index contributed by atoms with van der Waals surface area (Å²) in [5.41, 5.74) is 1.28. The molecule has 1 aliphatic heterocycles. The predicted molar refractivity (Wildman–Crippen MR) is 88.4 cm³/mol. The highest BCUT2D eigenvalue weighted by atomic mass is 16.5. The largest absolute Gasteiger partial charge is 0.494 e. The van der Waals surface area contributed by atoms with Gasteiger partial charge in [-0.2, -0.15) is 0 Å². The Morgan fingerprint density at radius 3 is 2.46 bits per heavy atom. The van der Waals surface area contributed by atoms with Crippen LogP contribution in [0.25, 0.3) is 0 Å². The van der Waals surface area contributed by atoms with E-state index < -0.39 is 5.91 Å². The molecule has 0 saturated carbocycles. The molecular formula is C18H16N2O4. The number of anilines is 1. The number of benzene rings is 2. The molecule has 0 fully saturated rings. The van der Waals surface area contributed by atoms with Crippen molar-refractivity contribution in [1.29, 1.82) is 0 Å². The van der Waals surface area contributed by atoms with Gasteiger partial charge in [0.25, 0.3) is 17.7 Å². The summed E-state index contributed by atoms with van der Waals surface area (Å²) in [6.45, 7) is 2.43. The van der Waals surface area contributed by atoms with Crippen LogP contribution in [0.5, 0.6) is 5.75 Å². The summed E-state index contributed by atoms with van der Waals surface area (Å²) in [5, 5.41) is 2.70. The third-order valence-corrected chi connectivity index (χ3v) is 3.79. The van der Waals surface area contributed by atoms with E-state index in [1.54, 1.807) is 42.5 Å². The zero-order valence-corrected chi connectivity index (χ0v) is 13.3. The van der Waals surface area contributed by atoms with Gasteiger partial charge in [0.2, 0.25) is 0 Å². The summed E-state index contributed by atoms with van der Waals surface area (Å²) in [6.07, 6.45) is 0. The molecule has 0 saturated heterocycles. The first-order valence-corrected chi connectivity index (χ1v) is 7.52. The second-order valence-electron chi connectivity index (χ2n) is 5.31. The summed E-state index contributed by atoms with van der Waals surface area (Å²) < 4.78 is 5.34. The number of carbonyl (C=O) groups excluding carboxylic acids is 3. The minimum Gasteiger partial charge on any atom is -0.494 e. The maximum atomic E-state index is 12.4. The maximum absolute atomic E-state index is 12.4. The van der Waals surface area contributed by atoms with Crippen LogP contribution in [0.4, 0.5) is 5.69 Å². The molecule has 0 unspecified atom stereocenters. The van der Waals surface area contributed by atoms with E-state index in [2.05, 4.69) is 5.32 Å². The van der Waals surface area contributed by atoms with Gasteiger partial charge in [0.05, 0.1) is 23.4 Å². The fourth-order valence-electron chi connectivity index (χ4n) is 2.57. The van der Waals surface area contributed by atoms with Gasteiger partial charge in [-0.3, -0.25) is 19.3 Å². The van der Waals surface area contributed by atoms with Crippen molar-refractivity contribution in [3.05, 3.63) is 59.2 Å². The van der Waals surface area contributed by atoms with Crippen molar-refractivity contribution in [1.82, 2.24) is 4.90 Å². The summed E-state index contributed by atoms with van der Waals surface area (Å²) >= 11 is 0. The smallest absolute Gasteiger partial charge is 0.263 e. The number of ether oxygens (including phenoxy) is 1. The second kappa shape index (κ2) is 6.16. The molecule has 24 heavy (non-hydrogen) atoms. The molecule has 6 heteroatoms. The molecule has 0 bridgehead atoms. The topological polar surface area (TPSA) is 75.7 Å². The molecule has 0 radical (unpaired) electrons. The normalized spacial score (nSPS) is 13.0. The lowest BCUT2D eigenvalue weighted by atomic mass is 10.1. The van der Waals surface area contributed by atoms with Crippen LogP contribution in [0.15, 0.2) is 42.5 Å². The van der Waals surface area contributed by atoms with Gasteiger partial charge < -0.3 is 10.1 Å². The zero-order valence-electron chi connectivity index (χ0n) is 13.3. The summed E-state index contributed by atoms with van der Waals surface area (Å²) in [4.78, 5) is 37.6. The first-order chi connectivity index (χ1) is 11.5. The van der Waals surface area contributed by atoms with Crippen LogP contribution in [0.2, 0.25) is 0 Å². The standard InChI is InChI=1S/C18H16N2O4/c1-3-24-12-9-7-11(8-10-12)16(21)19-14-6-4-5-13-15(14)18(23)20(2)17(13)22/h4-10H,3H2,1-2H3,(H,19,21). The lowest BCUT2D eigenvalue weighted by Crippen LogP contribution is -2.24. The van der Waals surface area contributed by atoms with Crippen LogP contribution >= 0.6 is 0 Å². The fraction of sp³-hybridized carbons (Fsp3) is 0.167. The Morgan fingerprint density at radius 2 is 1.79 bits per heavy atom. The van der Waals surface area contributed by atoms with Crippen LogP contribution in [-0.4, -0.2) is 36.3 Å². The van der Waals surface area contributed by atoms with Crippen molar-refractivity contribution in [2.45, 2.75) is 6.92 Å². The number of hydrogen-bond donors (Lipinski definition) is 1. The van der Waals surface area contributed by atoms with E-state index in [1.165, 1.54) is 7.05 Å². The van der Waals surface area contributed by atoms with Gasteiger partial charge in [0.15, 0.2) is 0 Å². The van der Waals surface area contributed by atoms with E-state index in [-0.39, 0.29) is 17.4 Å². The molecule has 6 nitrogen and oxygen atoms in total. The fourth-order valence-corrected chi connectivity index (χ4v) is 2.57. The summed E-state index contributed by atoms with van der Waals surface area (Å²) in [5.74, 6) is -0.469. The summed E-state index contributed by atoms with van der Waals surface area (Å²) in [7, 11) is 1.42. The molecule has 1 heterocycles. The number of nitrogens with one attached hydrogen (secondary N) is 1. The molecule has 1 N–H and O–H groups in total. The third kappa shape index (κ3) is 2.62. The highest BCUT2D eigenvalue weighted by molar-refractivity contribution is 6.24. The lowest BCUT2D eigenvalue weighted by Gasteiger charge is -2.09. The number of amides is 3. The van der Waals surface area contributed by atoms with Gasteiger partial charge in [0, 0.05) is 12.6 Å². The quantitative estimate of drug-likeness (QED) is 0.877. The molecule has 1 aliphatic rings. The molecule has 122 valence electrons. The van der Waals surface area contributed by atoms with Crippen LogP contribution in [0.1, 0.15) is 38.0 Å². The third-order valence-electron chi connectivity index (χ3n) is 3.79. The van der Waals surface area contributed by atoms with E-state index >= 15 is 0 Å². The molecule has 0 spiro atoms. The van der Waals surface area contributed by atoms with E-state index in [0.717, 1.165) is 4.90 Å². The Labute approximate surface area is 139 Å². The molecule has 2 aromatic carbocycles. The first kappa shape index (κ1) is 15.7. The Hall–Kier alpha value is -3.15. The van der Waals surface area contributed by atoms with Crippen molar-refractivity contribution in [3.8, 4) is 5.75 Å². The van der Waals surface area contributed by atoms with Gasteiger partial charge in [-0.1, -0.05) is 6.07 Å². The maximum Gasteiger partial charge on any atom is 0.263 e. The van der Waals surface area contributed by atoms with Crippen molar-refractivity contribution in [3.63, 3.8) is 0 Å². The average Bonchev–Trinajstić information content (AvgIpc) is 2.81. The van der Waals surface area contributed by atoms with Gasteiger partial charge in [-0.25, -0.2) is 0 Å². The number of imide groups is 1. The zero-order chi connectivity index (χ0) is 17.3.